The Balaban J connectivity index is 1.95. The predicted molar refractivity (Wildman–Crippen MR) is 93.3 cm³/mol. The van der Waals surface area contributed by atoms with Crippen molar-refractivity contribution in [2.24, 2.45) is 0 Å². The molecule has 0 spiro atoms. The van der Waals surface area contributed by atoms with Crippen LogP contribution in [0.3, 0.4) is 0 Å². The molecule has 0 aliphatic carbocycles. The lowest BCUT2D eigenvalue weighted by Gasteiger charge is -2.12. The molecule has 0 atom stereocenters. The van der Waals surface area contributed by atoms with Crippen LogP contribution in [-0.4, -0.2) is 6.54 Å². The number of rotatable bonds is 7. The molecule has 0 fully saturated rings. The van der Waals surface area contributed by atoms with Gasteiger partial charge >= 0.3 is 0 Å². The molecule has 0 bridgehead atoms. The zero-order chi connectivity index (χ0) is 15.9. The van der Waals surface area contributed by atoms with E-state index in [1.54, 1.807) is 12.1 Å². The molecule has 22 heavy (non-hydrogen) atoms. The summed E-state index contributed by atoms with van der Waals surface area (Å²) in [7, 11) is 0. The minimum absolute atomic E-state index is 0.143. The van der Waals surface area contributed by atoms with E-state index in [1.807, 2.05) is 0 Å². The fourth-order valence-electron chi connectivity index (χ4n) is 2.24. The number of hydrogen-bond acceptors (Lipinski definition) is 2. The second kappa shape index (κ2) is 8.04. The van der Waals surface area contributed by atoms with E-state index < -0.39 is 5.82 Å². The normalized spacial score (nSPS) is 10.5. The third-order valence-electron chi connectivity index (χ3n) is 3.55. The Hall–Kier alpha value is -1.74. The fourth-order valence-corrected chi connectivity index (χ4v) is 2.36. The number of anilines is 2. The third-order valence-corrected chi connectivity index (χ3v) is 3.86. The molecule has 2 aromatic rings. The summed E-state index contributed by atoms with van der Waals surface area (Å²) in [6, 6.07) is 11.1. The Morgan fingerprint density at radius 2 is 1.91 bits per heavy atom. The van der Waals surface area contributed by atoms with Gasteiger partial charge in [0.1, 0.15) is 5.82 Å². The van der Waals surface area contributed by atoms with Gasteiger partial charge in [-0.15, -0.1) is 0 Å². The summed E-state index contributed by atoms with van der Waals surface area (Å²) in [5.41, 5.74) is 4.28. The summed E-state index contributed by atoms with van der Waals surface area (Å²) >= 11 is 5.68. The summed E-state index contributed by atoms with van der Waals surface area (Å²) in [6.07, 6.45) is 2.36. The van der Waals surface area contributed by atoms with Gasteiger partial charge < -0.3 is 10.6 Å². The maximum absolute atomic E-state index is 13.4. The lowest BCUT2D eigenvalue weighted by molar-refractivity contribution is 0.628. The number of hydrogen-bond donors (Lipinski definition) is 2. The van der Waals surface area contributed by atoms with Crippen molar-refractivity contribution >= 4 is 23.0 Å². The summed E-state index contributed by atoms with van der Waals surface area (Å²) in [6.45, 7) is 5.93. The van der Waals surface area contributed by atoms with Gasteiger partial charge in [0.05, 0.1) is 5.02 Å². The molecule has 0 saturated heterocycles. The van der Waals surface area contributed by atoms with E-state index >= 15 is 0 Å². The van der Waals surface area contributed by atoms with E-state index in [0.717, 1.165) is 17.8 Å². The van der Waals surface area contributed by atoms with E-state index in [0.29, 0.717) is 6.54 Å². The molecule has 0 heterocycles. The Kier molecular flexibility index (Phi) is 6.08. The van der Waals surface area contributed by atoms with Crippen LogP contribution < -0.4 is 10.6 Å². The highest BCUT2D eigenvalue weighted by Crippen LogP contribution is 2.21. The first-order valence-corrected chi connectivity index (χ1v) is 8.00. The maximum atomic E-state index is 13.4. The molecule has 0 amide bonds. The molecule has 4 heteroatoms. The molecule has 2 nitrogen and oxygen atoms in total. The highest BCUT2D eigenvalue weighted by molar-refractivity contribution is 6.30. The molecule has 0 saturated carbocycles. The van der Waals surface area contributed by atoms with E-state index in [4.69, 9.17) is 11.6 Å². The molecule has 0 radical (unpaired) electrons. The Labute approximate surface area is 136 Å². The minimum atomic E-state index is -0.404. The van der Waals surface area contributed by atoms with Crippen LogP contribution in [0.25, 0.3) is 0 Å². The van der Waals surface area contributed by atoms with Gasteiger partial charge in [0.2, 0.25) is 0 Å². The van der Waals surface area contributed by atoms with Crippen LogP contribution in [0.2, 0.25) is 5.02 Å². The molecule has 2 aromatic carbocycles. The first-order chi connectivity index (χ1) is 10.6. The number of unbranched alkanes of at least 4 members (excludes halogenated alkanes) is 1. The van der Waals surface area contributed by atoms with Crippen molar-refractivity contribution in [1.82, 2.24) is 0 Å². The second-order valence-corrected chi connectivity index (χ2v) is 5.82. The Morgan fingerprint density at radius 1 is 1.09 bits per heavy atom. The highest BCUT2D eigenvalue weighted by atomic mass is 35.5. The van der Waals surface area contributed by atoms with Crippen molar-refractivity contribution in [3.63, 3.8) is 0 Å². The van der Waals surface area contributed by atoms with Crippen molar-refractivity contribution < 1.29 is 4.39 Å². The van der Waals surface area contributed by atoms with Gasteiger partial charge in [-0.25, -0.2) is 4.39 Å². The number of nitrogens with one attached hydrogen (secondary N) is 2. The third kappa shape index (κ3) is 4.63. The number of benzene rings is 2. The van der Waals surface area contributed by atoms with Gasteiger partial charge in [0.25, 0.3) is 0 Å². The van der Waals surface area contributed by atoms with Crippen LogP contribution >= 0.6 is 11.6 Å². The molecular weight excluding hydrogens is 299 g/mol. The van der Waals surface area contributed by atoms with Gasteiger partial charge in [-0.3, -0.25) is 0 Å². The fraction of sp³-hybridized carbons (Fsp3) is 0.333. The van der Waals surface area contributed by atoms with Gasteiger partial charge in [-0.1, -0.05) is 37.1 Å². The molecule has 0 unspecified atom stereocenters. The molecule has 2 N–H and O–H groups in total. The topological polar surface area (TPSA) is 24.1 Å². The molecule has 2 rings (SSSR count). The summed E-state index contributed by atoms with van der Waals surface area (Å²) in [5.74, 6) is -0.404. The molecule has 118 valence electrons. The molecule has 0 aliphatic rings. The van der Waals surface area contributed by atoms with E-state index in [1.165, 1.54) is 30.2 Å². The van der Waals surface area contributed by atoms with Crippen molar-refractivity contribution in [1.29, 1.82) is 0 Å². The van der Waals surface area contributed by atoms with Crippen LogP contribution in [0.4, 0.5) is 15.8 Å². The maximum Gasteiger partial charge on any atom is 0.143 e. The van der Waals surface area contributed by atoms with Crippen LogP contribution in [0.1, 0.15) is 30.9 Å². The largest absolute Gasteiger partial charge is 0.385 e. The first-order valence-electron chi connectivity index (χ1n) is 7.62. The Morgan fingerprint density at radius 3 is 2.59 bits per heavy atom. The standard InChI is InChI=1S/C18H22ClFN2/c1-3-4-9-21-18-8-5-14(10-13(18)2)12-22-15-6-7-16(19)17(20)11-15/h5-8,10-11,21-22H,3-4,9,12H2,1-2H3. The summed E-state index contributed by atoms with van der Waals surface area (Å²) < 4.78 is 13.4. The average Bonchev–Trinajstić information content (AvgIpc) is 2.50. The zero-order valence-electron chi connectivity index (χ0n) is 13.0. The van der Waals surface area contributed by atoms with E-state index in [-0.39, 0.29) is 5.02 Å². The monoisotopic (exact) mass is 320 g/mol. The minimum Gasteiger partial charge on any atom is -0.385 e. The molecule has 0 aromatic heterocycles. The smallest absolute Gasteiger partial charge is 0.143 e. The van der Waals surface area contributed by atoms with Crippen molar-refractivity contribution in [2.75, 3.05) is 17.2 Å². The zero-order valence-corrected chi connectivity index (χ0v) is 13.8. The molecule has 0 aliphatic heterocycles. The van der Waals surface area contributed by atoms with Crippen LogP contribution in [-0.2, 0) is 6.54 Å². The van der Waals surface area contributed by atoms with Crippen molar-refractivity contribution in [2.45, 2.75) is 33.2 Å². The average molecular weight is 321 g/mol. The molecular formula is C18H22ClFN2. The Bertz CT molecular complexity index is 628. The lowest BCUT2D eigenvalue weighted by Crippen LogP contribution is -2.04. The second-order valence-electron chi connectivity index (χ2n) is 5.41. The highest BCUT2D eigenvalue weighted by Gasteiger charge is 2.03. The first kappa shape index (κ1) is 16.6. The SMILES string of the molecule is CCCCNc1ccc(CNc2ccc(Cl)c(F)c2)cc1C. The number of aryl methyl sites for hydroxylation is 1. The van der Waals surface area contributed by atoms with Gasteiger partial charge in [-0.05, 0) is 48.7 Å². The number of halogens is 2. The predicted octanol–water partition coefficient (Wildman–Crippen LogP) is 5.61. The lowest BCUT2D eigenvalue weighted by atomic mass is 10.1. The van der Waals surface area contributed by atoms with Gasteiger partial charge in [0.15, 0.2) is 0 Å². The van der Waals surface area contributed by atoms with Crippen LogP contribution in [0, 0.1) is 12.7 Å². The quantitative estimate of drug-likeness (QED) is 0.648. The van der Waals surface area contributed by atoms with E-state index in [2.05, 4.69) is 42.7 Å². The summed E-state index contributed by atoms with van der Waals surface area (Å²) in [4.78, 5) is 0. The summed E-state index contributed by atoms with van der Waals surface area (Å²) in [5, 5.41) is 6.80. The van der Waals surface area contributed by atoms with Crippen molar-refractivity contribution in [3.05, 3.63) is 58.4 Å². The van der Waals surface area contributed by atoms with Gasteiger partial charge in [-0.2, -0.15) is 0 Å². The van der Waals surface area contributed by atoms with Crippen molar-refractivity contribution in [3.8, 4) is 0 Å². The van der Waals surface area contributed by atoms with Crippen LogP contribution in [0.15, 0.2) is 36.4 Å². The van der Waals surface area contributed by atoms with Gasteiger partial charge in [0, 0.05) is 24.5 Å². The van der Waals surface area contributed by atoms with Crippen LogP contribution in [0.5, 0.6) is 0 Å². The van der Waals surface area contributed by atoms with E-state index in [9.17, 15) is 4.39 Å².